The molecule has 3 aliphatic heterocycles. The Morgan fingerprint density at radius 3 is 2.71 bits per heavy atom. The van der Waals surface area contributed by atoms with Crippen molar-refractivity contribution >= 4 is 35.0 Å². The summed E-state index contributed by atoms with van der Waals surface area (Å²) in [5.41, 5.74) is 0.621. The first kappa shape index (κ1) is 19.3. The van der Waals surface area contributed by atoms with Gasteiger partial charge in [-0.15, -0.1) is 0 Å². The van der Waals surface area contributed by atoms with Crippen LogP contribution in [0.15, 0.2) is 12.1 Å². The fourth-order valence-corrected chi connectivity index (χ4v) is 5.13. The van der Waals surface area contributed by atoms with E-state index in [-0.39, 0.29) is 25.0 Å². The van der Waals surface area contributed by atoms with E-state index in [4.69, 9.17) is 16.3 Å². The smallest absolute Gasteiger partial charge is 0.291 e. The van der Waals surface area contributed by atoms with Crippen molar-refractivity contribution in [3.05, 3.63) is 28.3 Å². The predicted molar refractivity (Wildman–Crippen MR) is 99.5 cm³/mol. The lowest BCUT2D eigenvalue weighted by atomic mass is 9.76. The number of benzene rings is 1. The fraction of sp³-hybridized carbons (Fsp3) is 0.526. The van der Waals surface area contributed by atoms with Gasteiger partial charge in [0.25, 0.3) is 5.91 Å². The monoisotopic (exact) mass is 408 g/mol. The second-order valence-electron chi connectivity index (χ2n) is 7.73. The Bertz CT molecular complexity index is 889. The number of nitrogens with two attached hydrogens (primary N) is 1. The van der Waals surface area contributed by atoms with E-state index in [1.54, 1.807) is 31.3 Å². The number of quaternary nitrogens is 1. The molecule has 0 aliphatic carbocycles. The van der Waals surface area contributed by atoms with Crippen molar-refractivity contribution in [1.29, 1.82) is 0 Å². The summed E-state index contributed by atoms with van der Waals surface area (Å²) >= 11 is 6.21. The van der Waals surface area contributed by atoms with Crippen LogP contribution in [0.3, 0.4) is 0 Å². The van der Waals surface area contributed by atoms with Crippen LogP contribution in [-0.2, 0) is 24.7 Å². The van der Waals surface area contributed by atoms with Crippen molar-refractivity contribution in [1.82, 2.24) is 4.90 Å². The highest BCUT2D eigenvalue weighted by molar-refractivity contribution is 6.32. The summed E-state index contributed by atoms with van der Waals surface area (Å²) in [5, 5.41) is 15.4. The molecule has 150 valence electrons. The molecule has 5 atom stereocenters. The Balaban J connectivity index is 1.88. The van der Waals surface area contributed by atoms with E-state index in [1.807, 2.05) is 0 Å². The minimum Gasteiger partial charge on any atom is -0.387 e. The zero-order valence-electron chi connectivity index (χ0n) is 15.9. The van der Waals surface area contributed by atoms with E-state index < -0.39 is 35.4 Å². The number of methoxy groups -OCH3 is 1. The van der Waals surface area contributed by atoms with E-state index in [2.05, 4.69) is 5.32 Å². The van der Waals surface area contributed by atoms with Crippen LogP contribution in [0.1, 0.15) is 18.1 Å². The van der Waals surface area contributed by atoms with Gasteiger partial charge in [-0.3, -0.25) is 19.3 Å². The molecule has 28 heavy (non-hydrogen) atoms. The van der Waals surface area contributed by atoms with Crippen molar-refractivity contribution in [2.45, 2.75) is 31.5 Å². The number of carbonyl (C=O) groups excluding carboxylic acids is 3. The number of amides is 3. The number of nitrogens with one attached hydrogen (secondary N) is 1. The predicted octanol–water partition coefficient (Wildman–Crippen LogP) is -0.630. The molecule has 4 N–H and O–H groups in total. The number of hydrogen-bond acceptors (Lipinski definition) is 5. The average molecular weight is 409 g/mol. The molecule has 2 saturated heterocycles. The third-order valence-electron chi connectivity index (χ3n) is 6.34. The molecule has 3 heterocycles. The van der Waals surface area contributed by atoms with Crippen LogP contribution >= 0.6 is 11.6 Å². The van der Waals surface area contributed by atoms with Gasteiger partial charge in [0.1, 0.15) is 24.0 Å². The number of nitrogens with zero attached hydrogens (tertiary/aromatic N) is 1. The number of hydrogen-bond donors (Lipinski definition) is 3. The Labute approximate surface area is 167 Å². The first-order chi connectivity index (χ1) is 13.3. The van der Waals surface area contributed by atoms with Gasteiger partial charge in [0.05, 0.1) is 18.8 Å². The number of anilines is 1. The number of fused-ring (bicyclic) bond motifs is 4. The second kappa shape index (κ2) is 6.52. The third kappa shape index (κ3) is 2.32. The maximum atomic E-state index is 13.3. The number of ether oxygens (including phenoxy) is 1. The summed E-state index contributed by atoms with van der Waals surface area (Å²) in [6.07, 6.45) is -0.878. The Kier molecular flexibility index (Phi) is 4.50. The lowest BCUT2D eigenvalue weighted by Gasteiger charge is -2.27. The van der Waals surface area contributed by atoms with Crippen molar-refractivity contribution in [3.8, 4) is 0 Å². The normalized spacial score (nSPS) is 32.1. The maximum absolute atomic E-state index is 13.3. The molecule has 0 radical (unpaired) electrons. The molecule has 4 rings (SSSR count). The van der Waals surface area contributed by atoms with Gasteiger partial charge >= 0.3 is 0 Å². The summed E-state index contributed by atoms with van der Waals surface area (Å²) in [5.74, 6) is -2.80. The van der Waals surface area contributed by atoms with Gasteiger partial charge in [-0.05, 0) is 31.5 Å². The number of carbonyl (C=O) groups is 3. The van der Waals surface area contributed by atoms with Crippen LogP contribution in [0.4, 0.5) is 5.69 Å². The van der Waals surface area contributed by atoms with Crippen LogP contribution in [0.2, 0.25) is 5.02 Å². The molecule has 1 aromatic carbocycles. The SMILES string of the molecule is COCCN1C(=O)[C@@H]2[C@@H]([C@@H](C)O)[NH2+][C@@]3(C(=O)Nc4c3ccc(Cl)c4C)[C@@H]2C1=O. The lowest BCUT2D eigenvalue weighted by molar-refractivity contribution is -0.738. The van der Waals surface area contributed by atoms with Crippen LogP contribution < -0.4 is 10.6 Å². The van der Waals surface area contributed by atoms with E-state index in [0.29, 0.717) is 21.8 Å². The standard InChI is InChI=1S/C19H22ClN3O5/c1-8-11(20)5-4-10-14(8)21-18(27)19(10)13-12(15(22-19)9(2)24)16(25)23(17(13)26)6-7-28-3/h4-5,9,12-13,15,22,24H,6-7H2,1-3H3,(H,21,27)/p+1/t9-,12+,13+,15-,19-/m1/s1. The molecule has 0 unspecified atom stereocenters. The molecule has 0 bridgehead atoms. The second-order valence-corrected chi connectivity index (χ2v) is 8.13. The topological polar surface area (TPSA) is 113 Å². The minimum atomic E-state index is -1.30. The largest absolute Gasteiger partial charge is 0.387 e. The Morgan fingerprint density at radius 1 is 1.36 bits per heavy atom. The summed E-state index contributed by atoms with van der Waals surface area (Å²) in [6.45, 7) is 3.71. The molecule has 2 fully saturated rings. The minimum absolute atomic E-state index is 0.123. The number of aliphatic hydroxyl groups is 1. The van der Waals surface area contributed by atoms with Gasteiger partial charge in [0.15, 0.2) is 0 Å². The highest BCUT2D eigenvalue weighted by Gasteiger charge is 2.74. The van der Waals surface area contributed by atoms with Gasteiger partial charge in [0.2, 0.25) is 17.4 Å². The Hall–Kier alpha value is -2.00. The molecule has 0 saturated carbocycles. The van der Waals surface area contributed by atoms with Gasteiger partial charge in [-0.2, -0.15) is 0 Å². The molecular weight excluding hydrogens is 386 g/mol. The summed E-state index contributed by atoms with van der Waals surface area (Å²) in [7, 11) is 1.49. The zero-order valence-corrected chi connectivity index (χ0v) is 16.6. The third-order valence-corrected chi connectivity index (χ3v) is 6.75. The molecule has 3 aliphatic rings. The summed E-state index contributed by atoms with van der Waals surface area (Å²) in [4.78, 5) is 40.7. The molecule has 1 aromatic rings. The van der Waals surface area contributed by atoms with Gasteiger partial charge in [-0.25, -0.2) is 0 Å². The van der Waals surface area contributed by atoms with Crippen LogP contribution in [-0.4, -0.2) is 60.1 Å². The van der Waals surface area contributed by atoms with E-state index in [1.165, 1.54) is 7.11 Å². The van der Waals surface area contributed by atoms with Crippen LogP contribution in [0.25, 0.3) is 0 Å². The van der Waals surface area contributed by atoms with Crippen LogP contribution in [0.5, 0.6) is 0 Å². The summed E-state index contributed by atoms with van der Waals surface area (Å²) in [6, 6.07) is 2.82. The highest BCUT2D eigenvalue weighted by Crippen LogP contribution is 2.50. The molecule has 1 spiro atoms. The van der Waals surface area contributed by atoms with E-state index in [0.717, 1.165) is 4.90 Å². The zero-order chi connectivity index (χ0) is 20.4. The highest BCUT2D eigenvalue weighted by atomic mass is 35.5. The van der Waals surface area contributed by atoms with Crippen molar-refractivity contribution < 1.29 is 29.5 Å². The lowest BCUT2D eigenvalue weighted by Crippen LogP contribution is -3.00. The first-order valence-electron chi connectivity index (χ1n) is 9.25. The number of aliphatic hydroxyl groups excluding tert-OH is 1. The number of halogens is 1. The quantitative estimate of drug-likeness (QED) is 0.574. The van der Waals surface area contributed by atoms with E-state index >= 15 is 0 Å². The molecule has 3 amide bonds. The van der Waals surface area contributed by atoms with Gasteiger partial charge in [0, 0.05) is 17.7 Å². The molecular formula is C19H23ClN3O5+. The Morgan fingerprint density at radius 2 is 2.07 bits per heavy atom. The van der Waals surface area contributed by atoms with Crippen molar-refractivity contribution in [2.75, 3.05) is 25.6 Å². The van der Waals surface area contributed by atoms with E-state index in [9.17, 15) is 19.5 Å². The molecule has 0 aromatic heterocycles. The van der Waals surface area contributed by atoms with Crippen LogP contribution in [0, 0.1) is 18.8 Å². The summed E-state index contributed by atoms with van der Waals surface area (Å²) < 4.78 is 5.02. The van der Waals surface area contributed by atoms with Crippen molar-refractivity contribution in [3.63, 3.8) is 0 Å². The first-order valence-corrected chi connectivity index (χ1v) is 9.62. The molecule has 9 heteroatoms. The number of likely N-dealkylation sites (tertiary alicyclic amines) is 1. The van der Waals surface area contributed by atoms with Gasteiger partial charge < -0.3 is 20.5 Å². The maximum Gasteiger partial charge on any atom is 0.291 e. The fourth-order valence-electron chi connectivity index (χ4n) is 4.98. The average Bonchev–Trinajstić information content (AvgIpc) is 3.23. The number of rotatable bonds is 4. The molecule has 8 nitrogen and oxygen atoms in total. The number of imide groups is 1. The van der Waals surface area contributed by atoms with Crippen molar-refractivity contribution in [2.24, 2.45) is 11.8 Å². The van der Waals surface area contributed by atoms with Gasteiger partial charge in [-0.1, -0.05) is 11.6 Å².